The topological polar surface area (TPSA) is 12.0 Å². The number of rotatable bonds is 4. The van der Waals surface area contributed by atoms with Gasteiger partial charge in [0, 0.05) is 22.1 Å². The van der Waals surface area contributed by atoms with Crippen LogP contribution in [0.2, 0.25) is 0 Å². The van der Waals surface area contributed by atoms with E-state index in [1.165, 1.54) is 25.3 Å². The largest absolute Gasteiger partial charge is 0.307 e. The fourth-order valence-corrected chi connectivity index (χ4v) is 2.54. The molecule has 16 heavy (non-hydrogen) atoms. The van der Waals surface area contributed by atoms with E-state index in [2.05, 4.69) is 28.2 Å². The Morgan fingerprint density at radius 1 is 1.44 bits per heavy atom. The van der Waals surface area contributed by atoms with Crippen molar-refractivity contribution in [1.29, 1.82) is 0 Å². The summed E-state index contributed by atoms with van der Waals surface area (Å²) in [6.45, 7) is 2.83. The minimum Gasteiger partial charge on any atom is -0.307 e. The summed E-state index contributed by atoms with van der Waals surface area (Å²) in [6.07, 6.45) is 4.87. The smallest absolute Gasteiger partial charge is 0.128 e. The maximum absolute atomic E-state index is 13.6. The van der Waals surface area contributed by atoms with Crippen LogP contribution < -0.4 is 5.32 Å². The lowest BCUT2D eigenvalue weighted by atomic mass is 9.75. The van der Waals surface area contributed by atoms with Crippen molar-refractivity contribution in [2.75, 3.05) is 0 Å². The number of halogens is 2. The van der Waals surface area contributed by atoms with Gasteiger partial charge in [-0.25, -0.2) is 4.39 Å². The Morgan fingerprint density at radius 2 is 2.19 bits per heavy atom. The molecule has 88 valence electrons. The number of hydrogen-bond donors (Lipinski definition) is 1. The predicted octanol–water partition coefficient (Wildman–Crippen LogP) is 4.01. The SMILES string of the molecule is CCC1(NCc2ccc(Br)cc2F)CCC1. The molecule has 1 aromatic rings. The minimum atomic E-state index is -0.132. The van der Waals surface area contributed by atoms with E-state index in [0.29, 0.717) is 6.54 Å². The van der Waals surface area contributed by atoms with E-state index in [1.807, 2.05) is 12.1 Å². The van der Waals surface area contributed by atoms with Crippen LogP contribution in [-0.4, -0.2) is 5.54 Å². The van der Waals surface area contributed by atoms with Crippen LogP contribution in [0.25, 0.3) is 0 Å². The highest BCUT2D eigenvalue weighted by molar-refractivity contribution is 9.10. The molecule has 2 rings (SSSR count). The Balaban J connectivity index is 1.99. The van der Waals surface area contributed by atoms with Gasteiger partial charge >= 0.3 is 0 Å². The van der Waals surface area contributed by atoms with Gasteiger partial charge < -0.3 is 5.32 Å². The molecule has 0 radical (unpaired) electrons. The highest BCUT2D eigenvalue weighted by atomic mass is 79.9. The standard InChI is InChI=1S/C13H17BrFN/c1-2-13(6-3-7-13)16-9-10-4-5-11(14)8-12(10)15/h4-5,8,16H,2-3,6-7,9H2,1H3. The van der Waals surface area contributed by atoms with Crippen molar-refractivity contribution in [3.8, 4) is 0 Å². The quantitative estimate of drug-likeness (QED) is 0.881. The summed E-state index contributed by atoms with van der Waals surface area (Å²) in [6, 6.07) is 5.25. The molecular weight excluding hydrogens is 269 g/mol. The molecule has 0 atom stereocenters. The summed E-state index contributed by atoms with van der Waals surface area (Å²) in [5, 5.41) is 3.50. The van der Waals surface area contributed by atoms with Crippen LogP contribution in [-0.2, 0) is 6.54 Å². The number of nitrogens with one attached hydrogen (secondary N) is 1. The number of hydrogen-bond acceptors (Lipinski definition) is 1. The average Bonchev–Trinajstić information content (AvgIpc) is 2.19. The van der Waals surface area contributed by atoms with Crippen LogP contribution in [0, 0.1) is 5.82 Å². The maximum Gasteiger partial charge on any atom is 0.128 e. The minimum absolute atomic E-state index is 0.132. The first-order valence-corrected chi connectivity index (χ1v) is 6.63. The molecule has 0 spiro atoms. The molecule has 0 aromatic heterocycles. The normalized spacial score (nSPS) is 18.2. The van der Waals surface area contributed by atoms with Crippen LogP contribution in [0.4, 0.5) is 4.39 Å². The molecule has 1 aliphatic carbocycles. The maximum atomic E-state index is 13.6. The van der Waals surface area contributed by atoms with Gasteiger partial charge in [-0.2, -0.15) is 0 Å². The van der Waals surface area contributed by atoms with Crippen LogP contribution in [0.3, 0.4) is 0 Å². The van der Waals surface area contributed by atoms with Crippen LogP contribution in [0.5, 0.6) is 0 Å². The lowest BCUT2D eigenvalue weighted by molar-refractivity contribution is 0.175. The average molecular weight is 286 g/mol. The first kappa shape index (κ1) is 12.1. The van der Waals surface area contributed by atoms with Crippen LogP contribution in [0.15, 0.2) is 22.7 Å². The van der Waals surface area contributed by atoms with E-state index >= 15 is 0 Å². The van der Waals surface area contributed by atoms with Gasteiger partial charge in [0.15, 0.2) is 0 Å². The van der Waals surface area contributed by atoms with E-state index in [-0.39, 0.29) is 11.4 Å². The van der Waals surface area contributed by atoms with Gasteiger partial charge in [0.1, 0.15) is 5.82 Å². The van der Waals surface area contributed by atoms with Crippen molar-refractivity contribution in [2.24, 2.45) is 0 Å². The molecule has 1 aromatic carbocycles. The zero-order valence-corrected chi connectivity index (χ0v) is 11.1. The zero-order chi connectivity index (χ0) is 11.6. The summed E-state index contributed by atoms with van der Waals surface area (Å²) in [5.74, 6) is -0.132. The molecule has 1 nitrogen and oxygen atoms in total. The van der Waals surface area contributed by atoms with Crippen LogP contribution in [0.1, 0.15) is 38.2 Å². The first-order valence-electron chi connectivity index (χ1n) is 5.84. The predicted molar refractivity (Wildman–Crippen MR) is 67.8 cm³/mol. The summed E-state index contributed by atoms with van der Waals surface area (Å²) < 4.78 is 14.4. The van der Waals surface area contributed by atoms with Gasteiger partial charge in [-0.1, -0.05) is 28.9 Å². The van der Waals surface area contributed by atoms with Crippen molar-refractivity contribution in [3.05, 3.63) is 34.1 Å². The zero-order valence-electron chi connectivity index (χ0n) is 9.52. The summed E-state index contributed by atoms with van der Waals surface area (Å²) in [5.41, 5.74) is 1.03. The lowest BCUT2D eigenvalue weighted by Crippen LogP contribution is -2.49. The second-order valence-corrected chi connectivity index (χ2v) is 5.49. The van der Waals surface area contributed by atoms with Crippen molar-refractivity contribution in [2.45, 2.75) is 44.7 Å². The van der Waals surface area contributed by atoms with Gasteiger partial charge in [-0.15, -0.1) is 0 Å². The van der Waals surface area contributed by atoms with E-state index < -0.39 is 0 Å². The van der Waals surface area contributed by atoms with Crippen molar-refractivity contribution in [1.82, 2.24) is 5.32 Å². The molecular formula is C13H17BrFN. The lowest BCUT2D eigenvalue weighted by Gasteiger charge is -2.42. The van der Waals surface area contributed by atoms with Gasteiger partial charge in [-0.05, 0) is 37.8 Å². The molecule has 0 amide bonds. The molecule has 3 heteroatoms. The highest BCUT2D eigenvalue weighted by Crippen LogP contribution is 2.34. The van der Waals surface area contributed by atoms with E-state index in [0.717, 1.165) is 16.5 Å². The molecule has 0 saturated heterocycles. The van der Waals surface area contributed by atoms with Crippen molar-refractivity contribution < 1.29 is 4.39 Å². The molecule has 1 aliphatic rings. The molecule has 1 N–H and O–H groups in total. The third-order valence-corrected chi connectivity index (χ3v) is 4.15. The van der Waals surface area contributed by atoms with E-state index in [4.69, 9.17) is 0 Å². The number of benzene rings is 1. The third kappa shape index (κ3) is 2.46. The highest BCUT2D eigenvalue weighted by Gasteiger charge is 2.34. The molecule has 1 fully saturated rings. The van der Waals surface area contributed by atoms with E-state index in [1.54, 1.807) is 0 Å². The Bertz CT molecular complexity index is 369. The Hall–Kier alpha value is -0.410. The Kier molecular flexibility index (Phi) is 3.65. The van der Waals surface area contributed by atoms with Crippen molar-refractivity contribution >= 4 is 15.9 Å². The fourth-order valence-electron chi connectivity index (χ4n) is 2.21. The summed E-state index contributed by atoms with van der Waals surface area (Å²) >= 11 is 3.26. The molecule has 0 unspecified atom stereocenters. The molecule has 1 saturated carbocycles. The van der Waals surface area contributed by atoms with Crippen LogP contribution >= 0.6 is 15.9 Å². The second-order valence-electron chi connectivity index (χ2n) is 4.58. The second kappa shape index (κ2) is 4.84. The van der Waals surface area contributed by atoms with Gasteiger partial charge in [0.25, 0.3) is 0 Å². The van der Waals surface area contributed by atoms with Crippen molar-refractivity contribution in [3.63, 3.8) is 0 Å². The Morgan fingerprint density at radius 3 is 2.69 bits per heavy atom. The van der Waals surface area contributed by atoms with Gasteiger partial charge in [-0.3, -0.25) is 0 Å². The third-order valence-electron chi connectivity index (χ3n) is 3.66. The fraction of sp³-hybridized carbons (Fsp3) is 0.538. The monoisotopic (exact) mass is 285 g/mol. The molecule has 0 heterocycles. The van der Waals surface area contributed by atoms with E-state index in [9.17, 15) is 4.39 Å². The van der Waals surface area contributed by atoms with Gasteiger partial charge in [0.05, 0.1) is 0 Å². The summed E-state index contributed by atoms with van der Waals surface area (Å²) in [7, 11) is 0. The Labute approximate surface area is 105 Å². The first-order chi connectivity index (χ1) is 7.65. The molecule has 0 aliphatic heterocycles. The molecule has 0 bridgehead atoms. The summed E-state index contributed by atoms with van der Waals surface area (Å²) in [4.78, 5) is 0. The van der Waals surface area contributed by atoms with Gasteiger partial charge in [0.2, 0.25) is 0 Å².